The largest absolute Gasteiger partial charge is 0.371 e. The van der Waals surface area contributed by atoms with Crippen LogP contribution in [0.4, 0.5) is 5.69 Å². The first-order chi connectivity index (χ1) is 13.2. The van der Waals surface area contributed by atoms with Crippen LogP contribution in [0.5, 0.6) is 0 Å². The average Bonchev–Trinajstić information content (AvgIpc) is 3.34. The van der Waals surface area contributed by atoms with Crippen LogP contribution >= 0.6 is 12.2 Å². The number of benzene rings is 2. The van der Waals surface area contributed by atoms with Gasteiger partial charge in [0, 0.05) is 30.0 Å². The Morgan fingerprint density at radius 1 is 1.00 bits per heavy atom. The second kappa shape index (κ2) is 8.06. The molecular formula is C21H26N5S+. The molecule has 4 rings (SSSR count). The minimum absolute atomic E-state index is 0.730. The maximum absolute atomic E-state index is 5.65. The normalized spacial score (nSPS) is 15.2. The monoisotopic (exact) mass is 380 g/mol. The summed E-state index contributed by atoms with van der Waals surface area (Å²) >= 11 is 5.65. The van der Waals surface area contributed by atoms with Crippen LogP contribution in [0, 0.1) is 4.77 Å². The maximum atomic E-state index is 5.65. The Morgan fingerprint density at radius 2 is 1.70 bits per heavy atom. The molecule has 1 saturated heterocycles. The van der Waals surface area contributed by atoms with Gasteiger partial charge >= 0.3 is 0 Å². The van der Waals surface area contributed by atoms with Crippen molar-refractivity contribution in [2.45, 2.75) is 26.1 Å². The van der Waals surface area contributed by atoms with Gasteiger partial charge in [-0.05, 0) is 43.3 Å². The Labute approximate surface area is 165 Å². The van der Waals surface area contributed by atoms with Crippen LogP contribution < -0.4 is 9.80 Å². The molecule has 0 radical (unpaired) electrons. The third-order valence-corrected chi connectivity index (χ3v) is 5.53. The lowest BCUT2D eigenvalue weighted by Crippen LogP contribution is -3.07. The molecule has 3 aromatic rings. The van der Waals surface area contributed by atoms with E-state index in [4.69, 9.17) is 12.2 Å². The number of nitrogens with zero attached hydrogens (tertiary/aromatic N) is 4. The fourth-order valence-corrected chi connectivity index (χ4v) is 4.04. The minimum atomic E-state index is 0.730. The van der Waals surface area contributed by atoms with Crippen molar-refractivity contribution in [1.82, 2.24) is 14.3 Å². The third kappa shape index (κ3) is 3.96. The second-order valence-corrected chi connectivity index (χ2v) is 7.60. The van der Waals surface area contributed by atoms with Gasteiger partial charge in [-0.15, -0.1) is 0 Å². The first kappa shape index (κ1) is 17.9. The van der Waals surface area contributed by atoms with Crippen molar-refractivity contribution in [2.24, 2.45) is 0 Å². The summed E-state index contributed by atoms with van der Waals surface area (Å²) in [6, 6.07) is 18.9. The van der Waals surface area contributed by atoms with E-state index in [0.717, 1.165) is 23.7 Å². The minimum Gasteiger partial charge on any atom is -0.371 e. The van der Waals surface area contributed by atoms with Crippen LogP contribution in [0.15, 0.2) is 60.9 Å². The van der Waals surface area contributed by atoms with Gasteiger partial charge < -0.3 is 9.80 Å². The van der Waals surface area contributed by atoms with Gasteiger partial charge in [0.2, 0.25) is 4.77 Å². The molecule has 0 bridgehead atoms. The first-order valence-corrected chi connectivity index (χ1v) is 9.97. The van der Waals surface area contributed by atoms with Gasteiger partial charge in [0.05, 0.1) is 7.05 Å². The van der Waals surface area contributed by atoms with Gasteiger partial charge in [0.15, 0.2) is 6.67 Å². The molecule has 2 heterocycles. The van der Waals surface area contributed by atoms with Crippen LogP contribution in [0.1, 0.15) is 18.4 Å². The molecule has 1 aromatic heterocycles. The summed E-state index contributed by atoms with van der Waals surface area (Å²) in [7, 11) is 2.20. The van der Waals surface area contributed by atoms with E-state index in [0.29, 0.717) is 0 Å². The van der Waals surface area contributed by atoms with Gasteiger partial charge in [-0.1, -0.05) is 36.4 Å². The van der Waals surface area contributed by atoms with E-state index >= 15 is 0 Å². The molecule has 1 N–H and O–H groups in total. The highest BCUT2D eigenvalue weighted by Gasteiger charge is 2.17. The summed E-state index contributed by atoms with van der Waals surface area (Å²) in [6.07, 6.45) is 4.40. The number of quaternary nitrogens is 1. The number of aromatic nitrogens is 3. The molecule has 1 fully saturated rings. The van der Waals surface area contributed by atoms with Crippen molar-refractivity contribution in [3.63, 3.8) is 0 Å². The number of hydrogen-bond donors (Lipinski definition) is 1. The molecule has 1 atom stereocenters. The standard InChI is InChI=1S/C21H25N5S/c1-23(15-18-9-5-6-12-20(18)24-13-7-8-14-24)17-26-21(27)25(16-22-26)19-10-3-2-4-11-19/h2-6,9-12,16H,7-8,13-15,17H2,1H3/p+1. The lowest BCUT2D eigenvalue weighted by atomic mass is 10.1. The van der Waals surface area contributed by atoms with Crippen LogP contribution in [-0.4, -0.2) is 34.5 Å². The topological polar surface area (TPSA) is 30.4 Å². The van der Waals surface area contributed by atoms with E-state index in [1.165, 1.54) is 42.1 Å². The van der Waals surface area contributed by atoms with Crippen LogP contribution in [-0.2, 0) is 13.2 Å². The summed E-state index contributed by atoms with van der Waals surface area (Å²) in [5.41, 5.74) is 3.82. The molecule has 140 valence electrons. The fourth-order valence-electron chi connectivity index (χ4n) is 3.77. The Hall–Kier alpha value is -2.44. The molecule has 5 nitrogen and oxygen atoms in total. The molecule has 1 aliphatic heterocycles. The van der Waals surface area contributed by atoms with Crippen molar-refractivity contribution in [1.29, 1.82) is 0 Å². The Morgan fingerprint density at radius 3 is 2.48 bits per heavy atom. The van der Waals surface area contributed by atoms with Crippen LogP contribution in [0.25, 0.3) is 5.69 Å². The van der Waals surface area contributed by atoms with Crippen molar-refractivity contribution >= 4 is 17.9 Å². The van der Waals surface area contributed by atoms with Gasteiger partial charge in [0.1, 0.15) is 12.9 Å². The summed E-state index contributed by atoms with van der Waals surface area (Å²) in [5.74, 6) is 0. The molecule has 27 heavy (non-hydrogen) atoms. The van der Waals surface area contributed by atoms with Crippen molar-refractivity contribution in [3.05, 3.63) is 71.3 Å². The number of para-hydroxylation sites is 2. The van der Waals surface area contributed by atoms with Crippen LogP contribution in [0.3, 0.4) is 0 Å². The number of nitrogens with one attached hydrogen (secondary N) is 1. The summed E-state index contributed by atoms with van der Waals surface area (Å²) in [6.45, 7) is 4.03. The highest BCUT2D eigenvalue weighted by Crippen LogP contribution is 2.23. The quantitative estimate of drug-likeness (QED) is 0.667. The fraction of sp³-hybridized carbons (Fsp3) is 0.333. The molecule has 0 amide bonds. The van der Waals surface area contributed by atoms with Gasteiger partial charge in [-0.3, -0.25) is 4.57 Å². The zero-order chi connectivity index (χ0) is 18.6. The Kier molecular flexibility index (Phi) is 5.36. The van der Waals surface area contributed by atoms with Crippen molar-refractivity contribution < 1.29 is 4.90 Å². The molecule has 1 aliphatic rings. The zero-order valence-corrected chi connectivity index (χ0v) is 16.5. The molecule has 6 heteroatoms. The SMILES string of the molecule is C[NH+](Cc1ccccc1N1CCCC1)Cn1ncn(-c2ccccc2)c1=S. The van der Waals surface area contributed by atoms with Gasteiger partial charge in [0.25, 0.3) is 0 Å². The highest BCUT2D eigenvalue weighted by molar-refractivity contribution is 7.71. The maximum Gasteiger partial charge on any atom is 0.207 e. The number of anilines is 1. The highest BCUT2D eigenvalue weighted by atomic mass is 32.1. The van der Waals surface area contributed by atoms with E-state index in [2.05, 4.69) is 41.3 Å². The molecular weight excluding hydrogens is 354 g/mol. The summed E-state index contributed by atoms with van der Waals surface area (Å²) in [4.78, 5) is 3.87. The molecule has 2 aromatic carbocycles. The lowest BCUT2D eigenvalue weighted by molar-refractivity contribution is -0.917. The Balaban J connectivity index is 1.49. The predicted molar refractivity (Wildman–Crippen MR) is 111 cm³/mol. The lowest BCUT2D eigenvalue weighted by Gasteiger charge is -2.23. The van der Waals surface area contributed by atoms with E-state index in [1.54, 1.807) is 0 Å². The number of hydrogen-bond acceptors (Lipinski definition) is 3. The van der Waals surface area contributed by atoms with Gasteiger partial charge in [-0.2, -0.15) is 9.78 Å². The van der Waals surface area contributed by atoms with E-state index in [1.807, 2.05) is 45.9 Å². The molecule has 0 aliphatic carbocycles. The van der Waals surface area contributed by atoms with Crippen molar-refractivity contribution in [3.8, 4) is 5.69 Å². The Bertz CT molecular complexity index is 940. The van der Waals surface area contributed by atoms with E-state index in [9.17, 15) is 0 Å². The summed E-state index contributed by atoms with van der Waals surface area (Å²) < 4.78 is 4.60. The molecule has 0 spiro atoms. The van der Waals surface area contributed by atoms with E-state index < -0.39 is 0 Å². The van der Waals surface area contributed by atoms with E-state index in [-0.39, 0.29) is 0 Å². The third-order valence-electron chi connectivity index (χ3n) is 5.12. The zero-order valence-electron chi connectivity index (χ0n) is 15.7. The molecule has 0 saturated carbocycles. The van der Waals surface area contributed by atoms with Gasteiger partial charge in [-0.25, -0.2) is 0 Å². The smallest absolute Gasteiger partial charge is 0.207 e. The second-order valence-electron chi connectivity index (χ2n) is 7.23. The number of rotatable bonds is 6. The molecule has 1 unspecified atom stereocenters. The average molecular weight is 381 g/mol. The predicted octanol–water partition coefficient (Wildman–Crippen LogP) is 2.68. The van der Waals surface area contributed by atoms with Crippen LogP contribution in [0.2, 0.25) is 0 Å². The van der Waals surface area contributed by atoms with Crippen molar-refractivity contribution in [2.75, 3.05) is 25.0 Å². The first-order valence-electron chi connectivity index (χ1n) is 9.56. The summed E-state index contributed by atoms with van der Waals surface area (Å²) in [5, 5.41) is 4.52.